The van der Waals surface area contributed by atoms with Gasteiger partial charge in [0.15, 0.2) is 0 Å². The molecule has 0 saturated carbocycles. The van der Waals surface area contributed by atoms with Crippen molar-refractivity contribution in [2.75, 3.05) is 0 Å². The molecular weight excluding hydrogens is 186 g/mol. The molecule has 0 amide bonds. The third-order valence-electron chi connectivity index (χ3n) is 1.41. The van der Waals surface area contributed by atoms with E-state index in [0.29, 0.717) is 12.8 Å². The van der Waals surface area contributed by atoms with Gasteiger partial charge in [-0.1, -0.05) is 0 Å². The van der Waals surface area contributed by atoms with Gasteiger partial charge >= 0.3 is 5.97 Å². The Labute approximate surface area is 82.5 Å². The van der Waals surface area contributed by atoms with E-state index in [4.69, 9.17) is 5.73 Å². The van der Waals surface area contributed by atoms with Gasteiger partial charge in [0, 0.05) is 13.0 Å². The van der Waals surface area contributed by atoms with Crippen LogP contribution in [0, 0.1) is 0 Å². The van der Waals surface area contributed by atoms with Crippen LogP contribution >= 0.6 is 0 Å². The van der Waals surface area contributed by atoms with Gasteiger partial charge in [-0.3, -0.25) is 4.79 Å². The van der Waals surface area contributed by atoms with Crippen molar-refractivity contribution in [3.05, 3.63) is 11.8 Å². The number of carbonyl (C=O) groups excluding carboxylic acids is 2. The van der Waals surface area contributed by atoms with Crippen molar-refractivity contribution in [1.29, 1.82) is 0 Å². The van der Waals surface area contributed by atoms with Gasteiger partial charge in [-0.25, -0.2) is 0 Å². The number of aliphatic carboxylic acids is 1. The van der Waals surface area contributed by atoms with E-state index in [1.54, 1.807) is 6.92 Å². The number of carbonyl (C=O) groups is 2. The van der Waals surface area contributed by atoms with Gasteiger partial charge in [-0.2, -0.15) is 0 Å². The number of nitrogens with two attached hydrogens (primary N) is 1. The molecule has 0 aliphatic rings. The number of carboxylic acid groups (broad SMARTS) is 1. The molecule has 0 spiro atoms. The van der Waals surface area contributed by atoms with Gasteiger partial charge in [0.2, 0.25) is 0 Å². The predicted molar refractivity (Wildman–Crippen MR) is 47.7 cm³/mol. The quantitative estimate of drug-likeness (QED) is 0.360. The molecule has 1 atom stereocenters. The van der Waals surface area contributed by atoms with Crippen LogP contribution in [0.4, 0.5) is 0 Å². The first-order chi connectivity index (χ1) is 6.43. The zero-order valence-corrected chi connectivity index (χ0v) is 8.28. The molecule has 5 nitrogen and oxygen atoms in total. The number of hydrogen-bond donors (Lipinski definition) is 1. The Hall–Kier alpha value is -1.36. The first-order valence-electron chi connectivity index (χ1n) is 4.29. The van der Waals surface area contributed by atoms with Crippen LogP contribution in [0.5, 0.6) is 0 Å². The summed E-state index contributed by atoms with van der Waals surface area (Å²) in [5.74, 6) is -2.62. The lowest BCUT2D eigenvalue weighted by Crippen LogP contribution is -2.27. The molecule has 2 N–H and O–H groups in total. The number of ether oxygens (including phenoxy) is 1. The van der Waals surface area contributed by atoms with Gasteiger partial charge in [0.05, 0.1) is 0 Å². The number of allylic oxidation sites excluding steroid dienone is 1. The van der Waals surface area contributed by atoms with Crippen LogP contribution in [0.2, 0.25) is 0 Å². The van der Waals surface area contributed by atoms with Crippen molar-refractivity contribution in [1.82, 2.24) is 0 Å². The molecule has 0 aromatic rings. The Morgan fingerprint density at radius 1 is 1.57 bits per heavy atom. The Bertz CT molecular complexity index is 245. The summed E-state index contributed by atoms with van der Waals surface area (Å²) in [6.45, 7) is 2.93. The highest BCUT2D eigenvalue weighted by atomic mass is 16.6. The lowest BCUT2D eigenvalue weighted by molar-refractivity contribution is -0.302. The minimum atomic E-state index is -1.50. The van der Waals surface area contributed by atoms with E-state index in [9.17, 15) is 14.7 Å². The average molecular weight is 200 g/mol. The van der Waals surface area contributed by atoms with Crippen molar-refractivity contribution >= 4 is 11.9 Å². The van der Waals surface area contributed by atoms with Crippen LogP contribution in [0.25, 0.3) is 0 Å². The lowest BCUT2D eigenvalue weighted by atomic mass is 10.2. The highest BCUT2D eigenvalue weighted by molar-refractivity contribution is 5.85. The fourth-order valence-corrected chi connectivity index (χ4v) is 0.799. The Morgan fingerprint density at radius 2 is 2.14 bits per heavy atom. The predicted octanol–water partition coefficient (Wildman–Crippen LogP) is -0.689. The van der Waals surface area contributed by atoms with E-state index >= 15 is 0 Å². The third-order valence-corrected chi connectivity index (χ3v) is 1.41. The molecule has 0 aromatic carbocycles. The van der Waals surface area contributed by atoms with Gasteiger partial charge in [-0.15, -0.1) is 0 Å². The monoisotopic (exact) mass is 200 g/mol. The van der Waals surface area contributed by atoms with Gasteiger partial charge in [0.25, 0.3) is 0 Å². The second kappa shape index (κ2) is 6.15. The summed E-state index contributed by atoms with van der Waals surface area (Å²) < 4.78 is 4.41. The summed E-state index contributed by atoms with van der Waals surface area (Å²) in [5.41, 5.74) is 5.46. The smallest absolute Gasteiger partial charge is 0.308 e. The van der Waals surface area contributed by atoms with Crippen LogP contribution < -0.4 is 10.8 Å². The maximum absolute atomic E-state index is 10.5. The molecule has 0 aliphatic heterocycles. The fraction of sp³-hybridized carbons (Fsp3) is 0.556. The normalized spacial score (nSPS) is 13.5. The topological polar surface area (TPSA) is 92.5 Å². The van der Waals surface area contributed by atoms with E-state index in [2.05, 4.69) is 4.74 Å². The van der Waals surface area contributed by atoms with Crippen LogP contribution in [0.1, 0.15) is 26.7 Å². The van der Waals surface area contributed by atoms with E-state index in [1.807, 2.05) is 0 Å². The van der Waals surface area contributed by atoms with Crippen LogP contribution in [0.15, 0.2) is 11.8 Å². The van der Waals surface area contributed by atoms with Gasteiger partial charge in [-0.05, 0) is 25.8 Å². The summed E-state index contributed by atoms with van der Waals surface area (Å²) >= 11 is 0. The molecule has 0 bridgehead atoms. The maximum Gasteiger partial charge on any atom is 0.308 e. The zero-order chi connectivity index (χ0) is 11.1. The summed E-state index contributed by atoms with van der Waals surface area (Å²) in [5, 5.41) is 10.4. The van der Waals surface area contributed by atoms with E-state index in [-0.39, 0.29) is 6.04 Å². The summed E-state index contributed by atoms with van der Waals surface area (Å²) in [7, 11) is 0. The Morgan fingerprint density at radius 3 is 2.50 bits per heavy atom. The molecule has 14 heavy (non-hydrogen) atoms. The molecule has 80 valence electrons. The Balaban J connectivity index is 4.19. The molecule has 0 aliphatic carbocycles. The fourth-order valence-electron chi connectivity index (χ4n) is 0.799. The minimum absolute atomic E-state index is 0.0217. The summed E-state index contributed by atoms with van der Waals surface area (Å²) in [4.78, 5) is 20.9. The molecule has 0 heterocycles. The average Bonchev–Trinajstić information content (AvgIpc) is 2.00. The molecule has 0 aromatic heterocycles. The largest absolute Gasteiger partial charge is 0.542 e. The molecule has 1 unspecified atom stereocenters. The lowest BCUT2D eigenvalue weighted by Gasteiger charge is -2.08. The molecule has 0 fully saturated rings. The van der Waals surface area contributed by atoms with Crippen molar-refractivity contribution in [3.8, 4) is 0 Å². The van der Waals surface area contributed by atoms with E-state index < -0.39 is 17.7 Å². The Kier molecular flexibility index (Phi) is 5.55. The number of hydrogen-bond acceptors (Lipinski definition) is 5. The van der Waals surface area contributed by atoms with Crippen LogP contribution in [0.3, 0.4) is 0 Å². The van der Waals surface area contributed by atoms with E-state index in [1.165, 1.54) is 6.08 Å². The molecule has 0 radical (unpaired) electrons. The van der Waals surface area contributed by atoms with Crippen LogP contribution in [-0.2, 0) is 14.3 Å². The number of esters is 1. The minimum Gasteiger partial charge on any atom is -0.542 e. The third kappa shape index (κ3) is 6.19. The summed E-state index contributed by atoms with van der Waals surface area (Å²) in [6, 6.07) is -0.0217. The van der Waals surface area contributed by atoms with Gasteiger partial charge in [0.1, 0.15) is 11.7 Å². The van der Waals surface area contributed by atoms with Gasteiger partial charge < -0.3 is 20.4 Å². The molecule has 0 rings (SSSR count). The number of carboxylic acids is 1. The molecule has 5 heteroatoms. The highest BCUT2D eigenvalue weighted by Gasteiger charge is 2.03. The summed E-state index contributed by atoms with van der Waals surface area (Å²) in [6.07, 6.45) is 2.35. The molecule has 0 saturated heterocycles. The second-order valence-corrected chi connectivity index (χ2v) is 3.00. The van der Waals surface area contributed by atoms with Crippen molar-refractivity contribution in [2.45, 2.75) is 32.7 Å². The van der Waals surface area contributed by atoms with E-state index in [0.717, 1.165) is 6.92 Å². The highest BCUT2D eigenvalue weighted by Crippen LogP contribution is 2.02. The SMILES string of the molecule is CC(=O)OC(=CCCC(C)N)C(=O)[O-]. The first-order valence-corrected chi connectivity index (χ1v) is 4.29. The van der Waals surface area contributed by atoms with Crippen molar-refractivity contribution < 1.29 is 19.4 Å². The molecular formula is C9H14NO4-. The zero-order valence-electron chi connectivity index (χ0n) is 8.28. The standard InChI is InChI=1S/C9H15NO4/c1-6(10)4-3-5-8(9(12)13)14-7(2)11/h5-6H,3-4,10H2,1-2H3,(H,12,13)/p-1. The van der Waals surface area contributed by atoms with Crippen LogP contribution in [-0.4, -0.2) is 18.0 Å². The second-order valence-electron chi connectivity index (χ2n) is 3.00. The maximum atomic E-state index is 10.5. The first kappa shape index (κ1) is 12.6. The van der Waals surface area contributed by atoms with Crippen molar-refractivity contribution in [2.24, 2.45) is 5.73 Å². The number of rotatable bonds is 5. The van der Waals surface area contributed by atoms with Crippen molar-refractivity contribution in [3.63, 3.8) is 0 Å².